The Hall–Kier alpha value is -4.64. The van der Waals surface area contributed by atoms with Gasteiger partial charge < -0.3 is 25.0 Å². The molecule has 0 spiro atoms. The second-order valence-corrected chi connectivity index (χ2v) is 9.03. The predicted octanol–water partition coefficient (Wildman–Crippen LogP) is 5.80. The predicted molar refractivity (Wildman–Crippen MR) is 146 cm³/mol. The fraction of sp³-hybridized carbons (Fsp3) is 0.207. The minimum atomic E-state index is -4.76. The molecule has 1 saturated heterocycles. The summed E-state index contributed by atoms with van der Waals surface area (Å²) in [5, 5.41) is 6.02. The van der Waals surface area contributed by atoms with Gasteiger partial charge in [-0.05, 0) is 60.2 Å². The molecule has 0 aliphatic carbocycles. The first-order valence-electron chi connectivity index (χ1n) is 12.6. The summed E-state index contributed by atoms with van der Waals surface area (Å²) in [6.45, 7) is 3.21. The molecule has 0 saturated carbocycles. The van der Waals surface area contributed by atoms with Crippen LogP contribution in [0.4, 0.5) is 36.2 Å². The van der Waals surface area contributed by atoms with Crippen molar-refractivity contribution in [2.45, 2.75) is 12.8 Å². The number of morpholine rings is 1. The zero-order chi connectivity index (χ0) is 28.0. The first-order valence-corrected chi connectivity index (χ1v) is 12.6. The fourth-order valence-electron chi connectivity index (χ4n) is 4.21. The van der Waals surface area contributed by atoms with Crippen LogP contribution in [-0.2, 0) is 16.0 Å². The maximum Gasteiger partial charge on any atom is 0.573 e. The van der Waals surface area contributed by atoms with Crippen molar-refractivity contribution in [3.8, 4) is 17.0 Å². The van der Waals surface area contributed by atoms with Crippen LogP contribution in [-0.4, -0.2) is 48.5 Å². The zero-order valence-corrected chi connectivity index (χ0v) is 21.3. The highest BCUT2D eigenvalue weighted by molar-refractivity contribution is 5.92. The summed E-state index contributed by atoms with van der Waals surface area (Å²) in [5.41, 5.74) is 4.70. The Labute approximate surface area is 228 Å². The molecule has 5 rings (SSSR count). The molecule has 0 radical (unpaired) electrons. The van der Waals surface area contributed by atoms with E-state index in [2.05, 4.69) is 42.4 Å². The number of carbonyl (C=O) groups is 1. The number of amides is 1. The van der Waals surface area contributed by atoms with Gasteiger partial charge in [0.1, 0.15) is 5.75 Å². The van der Waals surface area contributed by atoms with E-state index in [-0.39, 0.29) is 18.1 Å². The third-order valence-corrected chi connectivity index (χ3v) is 6.14. The topological polar surface area (TPSA) is 88.6 Å². The molecule has 2 heterocycles. The van der Waals surface area contributed by atoms with Crippen LogP contribution in [0, 0.1) is 0 Å². The summed E-state index contributed by atoms with van der Waals surface area (Å²) in [6, 6.07) is 22.3. The minimum Gasteiger partial charge on any atom is -0.406 e. The van der Waals surface area contributed by atoms with Crippen LogP contribution in [0.15, 0.2) is 85.1 Å². The van der Waals surface area contributed by atoms with Crippen LogP contribution in [0.3, 0.4) is 0 Å². The number of alkyl halides is 3. The Kier molecular flexibility index (Phi) is 8.11. The van der Waals surface area contributed by atoms with Crippen LogP contribution in [0.5, 0.6) is 5.75 Å². The van der Waals surface area contributed by atoms with E-state index in [1.54, 1.807) is 24.4 Å². The van der Waals surface area contributed by atoms with E-state index < -0.39 is 6.36 Å². The van der Waals surface area contributed by atoms with Gasteiger partial charge in [0.05, 0.1) is 25.3 Å². The summed E-state index contributed by atoms with van der Waals surface area (Å²) in [7, 11) is 0. The summed E-state index contributed by atoms with van der Waals surface area (Å²) >= 11 is 0. The Morgan fingerprint density at radius 2 is 1.57 bits per heavy atom. The van der Waals surface area contributed by atoms with Crippen molar-refractivity contribution in [3.05, 3.63) is 90.6 Å². The summed E-state index contributed by atoms with van der Waals surface area (Å²) < 4.78 is 46.2. The van der Waals surface area contributed by atoms with Gasteiger partial charge in [-0.2, -0.15) is 0 Å². The summed E-state index contributed by atoms with van der Waals surface area (Å²) in [5.74, 6) is -0.178. The number of halogens is 3. The lowest BCUT2D eigenvalue weighted by atomic mass is 10.1. The number of hydrogen-bond donors (Lipinski definition) is 2. The number of aromatic nitrogens is 2. The number of rotatable bonds is 8. The molecule has 206 valence electrons. The molecule has 1 amide bonds. The number of benzene rings is 3. The first kappa shape index (κ1) is 26.9. The van der Waals surface area contributed by atoms with Gasteiger partial charge in [-0.1, -0.05) is 24.3 Å². The highest BCUT2D eigenvalue weighted by Gasteiger charge is 2.31. The third kappa shape index (κ3) is 7.48. The number of ether oxygens (including phenoxy) is 2. The van der Waals surface area contributed by atoms with E-state index in [4.69, 9.17) is 4.74 Å². The van der Waals surface area contributed by atoms with Gasteiger partial charge in [-0.25, -0.2) is 9.97 Å². The van der Waals surface area contributed by atoms with Gasteiger partial charge in [0, 0.05) is 41.9 Å². The van der Waals surface area contributed by atoms with Crippen molar-refractivity contribution in [2.24, 2.45) is 0 Å². The van der Waals surface area contributed by atoms with Gasteiger partial charge in [-0.3, -0.25) is 4.79 Å². The molecule has 1 aliphatic heterocycles. The average molecular weight is 550 g/mol. The molecule has 4 aromatic rings. The van der Waals surface area contributed by atoms with Crippen molar-refractivity contribution in [1.29, 1.82) is 0 Å². The lowest BCUT2D eigenvalue weighted by molar-refractivity contribution is -0.274. The maximum atomic E-state index is 12.4. The van der Waals surface area contributed by atoms with E-state index >= 15 is 0 Å². The van der Waals surface area contributed by atoms with Crippen LogP contribution in [0.25, 0.3) is 11.3 Å². The lowest BCUT2D eigenvalue weighted by Gasteiger charge is -2.28. The number of nitrogens with one attached hydrogen (secondary N) is 2. The normalized spacial score (nSPS) is 13.5. The molecule has 1 fully saturated rings. The Bertz CT molecular complexity index is 1420. The van der Waals surface area contributed by atoms with Crippen molar-refractivity contribution >= 4 is 28.9 Å². The van der Waals surface area contributed by atoms with Crippen LogP contribution < -0.4 is 20.3 Å². The van der Waals surface area contributed by atoms with Crippen LogP contribution in [0.2, 0.25) is 0 Å². The molecule has 8 nitrogen and oxygen atoms in total. The van der Waals surface area contributed by atoms with Gasteiger partial charge >= 0.3 is 6.36 Å². The van der Waals surface area contributed by atoms with E-state index in [0.29, 0.717) is 22.9 Å². The molecule has 3 aromatic carbocycles. The molecule has 2 N–H and O–H groups in total. The number of anilines is 4. The Balaban J connectivity index is 1.16. The number of carbonyl (C=O) groups excluding carboxylic acids is 1. The number of nitrogens with zero attached hydrogens (tertiary/aromatic N) is 3. The molecule has 40 heavy (non-hydrogen) atoms. The molecule has 0 unspecified atom stereocenters. The molecule has 1 aliphatic rings. The SMILES string of the molecule is O=C(Cc1ccc(OC(F)(F)F)cc1)Nc1ccc(-c2ccnc(Nc3ccc(N4CCOCC4)cc3)n2)cc1. The molecule has 1 aromatic heterocycles. The molecule has 11 heteroatoms. The van der Waals surface area contributed by atoms with Crippen molar-refractivity contribution in [1.82, 2.24) is 9.97 Å². The summed E-state index contributed by atoms with van der Waals surface area (Å²) in [4.78, 5) is 23.6. The second-order valence-electron chi connectivity index (χ2n) is 9.03. The van der Waals surface area contributed by atoms with Crippen LogP contribution in [0.1, 0.15) is 5.56 Å². The van der Waals surface area contributed by atoms with Gasteiger partial charge in [-0.15, -0.1) is 13.2 Å². The third-order valence-electron chi connectivity index (χ3n) is 6.14. The highest BCUT2D eigenvalue weighted by atomic mass is 19.4. The monoisotopic (exact) mass is 549 g/mol. The first-order chi connectivity index (χ1) is 19.3. The fourth-order valence-corrected chi connectivity index (χ4v) is 4.21. The highest BCUT2D eigenvalue weighted by Crippen LogP contribution is 2.25. The largest absolute Gasteiger partial charge is 0.573 e. The Morgan fingerprint density at radius 1 is 0.900 bits per heavy atom. The Morgan fingerprint density at radius 3 is 2.25 bits per heavy atom. The molecular formula is C29H26F3N5O3. The average Bonchev–Trinajstić information content (AvgIpc) is 2.95. The van der Waals surface area contributed by atoms with Crippen molar-refractivity contribution < 1.29 is 27.4 Å². The van der Waals surface area contributed by atoms with E-state index in [9.17, 15) is 18.0 Å². The lowest BCUT2D eigenvalue weighted by Crippen LogP contribution is -2.36. The van der Waals surface area contributed by atoms with E-state index in [1.165, 1.54) is 24.3 Å². The summed E-state index contributed by atoms with van der Waals surface area (Å²) in [6.07, 6.45) is -3.08. The van der Waals surface area contributed by atoms with Crippen molar-refractivity contribution in [3.63, 3.8) is 0 Å². The minimum absolute atomic E-state index is 0.00240. The van der Waals surface area contributed by atoms with Gasteiger partial charge in [0.2, 0.25) is 11.9 Å². The maximum absolute atomic E-state index is 12.4. The van der Waals surface area contributed by atoms with Crippen LogP contribution >= 0.6 is 0 Å². The van der Waals surface area contributed by atoms with Crippen molar-refractivity contribution in [2.75, 3.05) is 41.8 Å². The zero-order valence-electron chi connectivity index (χ0n) is 21.3. The molecule has 0 bridgehead atoms. The number of hydrogen-bond acceptors (Lipinski definition) is 7. The smallest absolute Gasteiger partial charge is 0.406 e. The molecular weight excluding hydrogens is 523 g/mol. The van der Waals surface area contributed by atoms with Gasteiger partial charge in [0.25, 0.3) is 0 Å². The van der Waals surface area contributed by atoms with E-state index in [1.807, 2.05) is 24.3 Å². The standard InChI is InChI=1S/C29H26F3N5O3/c30-29(31,32)40-25-11-1-20(2-12-25)19-27(38)34-22-5-3-21(4-6-22)26-13-14-33-28(36-26)35-23-7-9-24(10-8-23)37-15-17-39-18-16-37/h1-14H,15-19H2,(H,34,38)(H,33,35,36). The molecule has 0 atom stereocenters. The second kappa shape index (κ2) is 12.0. The van der Waals surface area contributed by atoms with Gasteiger partial charge in [0.15, 0.2) is 0 Å². The van der Waals surface area contributed by atoms with E-state index in [0.717, 1.165) is 43.2 Å². The quantitative estimate of drug-likeness (QED) is 0.287.